The van der Waals surface area contributed by atoms with E-state index < -0.39 is 5.91 Å². The van der Waals surface area contributed by atoms with E-state index in [-0.39, 0.29) is 12.5 Å². The SMILES string of the molecule is Cc1cc(C)c(NC(=O)CNC(=O)c2cc(-n3c(C)ccc3C)ccc2Cl)c(C)c1. The Hall–Kier alpha value is -3.05. The fraction of sp³-hybridized carbons (Fsp3) is 0.250. The summed E-state index contributed by atoms with van der Waals surface area (Å²) >= 11 is 6.26. The van der Waals surface area contributed by atoms with Gasteiger partial charge in [-0.15, -0.1) is 0 Å². The van der Waals surface area contributed by atoms with Crippen molar-refractivity contribution < 1.29 is 9.59 Å². The molecule has 0 unspecified atom stereocenters. The Balaban J connectivity index is 1.72. The first-order valence-corrected chi connectivity index (χ1v) is 10.2. The van der Waals surface area contributed by atoms with Crippen LogP contribution in [0.25, 0.3) is 5.69 Å². The van der Waals surface area contributed by atoms with Gasteiger partial charge < -0.3 is 15.2 Å². The highest BCUT2D eigenvalue weighted by Gasteiger charge is 2.15. The Morgan fingerprint density at radius 2 is 1.50 bits per heavy atom. The molecule has 2 amide bonds. The fourth-order valence-electron chi connectivity index (χ4n) is 3.72. The maximum absolute atomic E-state index is 12.7. The van der Waals surface area contributed by atoms with Crippen molar-refractivity contribution in [2.75, 3.05) is 11.9 Å². The Kier molecular flexibility index (Phi) is 6.32. The van der Waals surface area contributed by atoms with Crippen molar-refractivity contribution >= 4 is 29.1 Å². The van der Waals surface area contributed by atoms with E-state index >= 15 is 0 Å². The highest BCUT2D eigenvalue weighted by Crippen LogP contribution is 2.24. The number of nitrogens with zero attached hydrogens (tertiary/aromatic N) is 1. The number of rotatable bonds is 5. The van der Waals surface area contributed by atoms with E-state index in [1.165, 1.54) is 0 Å². The van der Waals surface area contributed by atoms with Gasteiger partial charge in [-0.1, -0.05) is 29.3 Å². The highest BCUT2D eigenvalue weighted by molar-refractivity contribution is 6.34. The minimum Gasteiger partial charge on any atom is -0.343 e. The molecular formula is C24H26ClN3O2. The standard InChI is InChI=1S/C24H26ClN3O2/c1-14-10-15(2)23(16(3)11-14)27-22(29)13-26-24(30)20-12-19(8-9-21(20)25)28-17(4)6-7-18(28)5/h6-12H,13H2,1-5H3,(H,26,30)(H,27,29). The largest absolute Gasteiger partial charge is 0.343 e. The molecule has 0 spiro atoms. The van der Waals surface area contributed by atoms with E-state index in [4.69, 9.17) is 11.6 Å². The third kappa shape index (κ3) is 4.57. The van der Waals surface area contributed by atoms with Crippen molar-refractivity contribution in [3.63, 3.8) is 0 Å². The predicted octanol–water partition coefficient (Wildman–Crippen LogP) is 5.04. The molecule has 0 saturated carbocycles. The molecule has 6 heteroatoms. The van der Waals surface area contributed by atoms with Crippen molar-refractivity contribution in [3.8, 4) is 5.69 Å². The summed E-state index contributed by atoms with van der Waals surface area (Å²) in [6.07, 6.45) is 0. The number of hydrogen-bond acceptors (Lipinski definition) is 2. The summed E-state index contributed by atoms with van der Waals surface area (Å²) in [4.78, 5) is 25.1. The van der Waals surface area contributed by atoms with Gasteiger partial charge >= 0.3 is 0 Å². The van der Waals surface area contributed by atoms with Crippen LogP contribution in [-0.4, -0.2) is 22.9 Å². The lowest BCUT2D eigenvalue weighted by atomic mass is 10.1. The number of aryl methyl sites for hydroxylation is 5. The lowest BCUT2D eigenvalue weighted by molar-refractivity contribution is -0.115. The molecule has 156 valence electrons. The van der Waals surface area contributed by atoms with Gasteiger partial charge in [0.1, 0.15) is 0 Å². The molecule has 3 rings (SSSR count). The molecule has 1 aromatic heterocycles. The van der Waals surface area contributed by atoms with E-state index in [0.717, 1.165) is 39.5 Å². The van der Waals surface area contributed by atoms with Crippen LogP contribution in [0.1, 0.15) is 38.4 Å². The van der Waals surface area contributed by atoms with Crippen LogP contribution in [0.5, 0.6) is 0 Å². The van der Waals surface area contributed by atoms with Crippen molar-refractivity contribution in [1.29, 1.82) is 0 Å². The van der Waals surface area contributed by atoms with Crippen LogP contribution in [0.3, 0.4) is 0 Å². The average Bonchev–Trinajstić information content (AvgIpc) is 3.01. The van der Waals surface area contributed by atoms with Crippen LogP contribution >= 0.6 is 11.6 Å². The molecule has 30 heavy (non-hydrogen) atoms. The Bertz CT molecular complexity index is 1090. The zero-order valence-corrected chi connectivity index (χ0v) is 18.6. The van der Waals surface area contributed by atoms with Gasteiger partial charge in [0.05, 0.1) is 17.1 Å². The number of benzene rings is 2. The van der Waals surface area contributed by atoms with Crippen molar-refractivity contribution in [3.05, 3.63) is 81.1 Å². The number of amides is 2. The number of hydrogen-bond donors (Lipinski definition) is 2. The molecule has 0 aliphatic carbocycles. The van der Waals surface area contributed by atoms with Gasteiger partial charge in [0.2, 0.25) is 5.91 Å². The zero-order valence-electron chi connectivity index (χ0n) is 17.9. The van der Waals surface area contributed by atoms with Gasteiger partial charge in [0.25, 0.3) is 5.91 Å². The van der Waals surface area contributed by atoms with Crippen LogP contribution in [0, 0.1) is 34.6 Å². The van der Waals surface area contributed by atoms with Gasteiger partial charge in [0.15, 0.2) is 0 Å². The highest BCUT2D eigenvalue weighted by atomic mass is 35.5. The van der Waals surface area contributed by atoms with E-state index in [1.54, 1.807) is 12.1 Å². The summed E-state index contributed by atoms with van der Waals surface area (Å²) in [6, 6.07) is 13.4. The van der Waals surface area contributed by atoms with Crippen LogP contribution in [-0.2, 0) is 4.79 Å². The van der Waals surface area contributed by atoms with Crippen LogP contribution in [0.15, 0.2) is 42.5 Å². The first-order chi connectivity index (χ1) is 14.2. The molecular weight excluding hydrogens is 398 g/mol. The van der Waals surface area contributed by atoms with Gasteiger partial charge in [0, 0.05) is 22.8 Å². The lowest BCUT2D eigenvalue weighted by Crippen LogP contribution is -2.33. The first-order valence-electron chi connectivity index (χ1n) is 9.78. The lowest BCUT2D eigenvalue weighted by Gasteiger charge is -2.14. The van der Waals surface area contributed by atoms with E-state index in [0.29, 0.717) is 10.6 Å². The fourth-order valence-corrected chi connectivity index (χ4v) is 3.92. The van der Waals surface area contributed by atoms with E-state index in [9.17, 15) is 9.59 Å². The smallest absolute Gasteiger partial charge is 0.253 e. The predicted molar refractivity (Wildman–Crippen MR) is 122 cm³/mol. The monoisotopic (exact) mass is 423 g/mol. The van der Waals surface area contributed by atoms with Crippen molar-refractivity contribution in [2.45, 2.75) is 34.6 Å². The quantitative estimate of drug-likeness (QED) is 0.603. The maximum atomic E-state index is 12.7. The zero-order chi connectivity index (χ0) is 22.0. The molecule has 2 N–H and O–H groups in total. The molecule has 2 aromatic carbocycles. The number of carbonyl (C=O) groups excluding carboxylic acids is 2. The second kappa shape index (κ2) is 8.76. The second-order valence-electron chi connectivity index (χ2n) is 7.62. The van der Waals surface area contributed by atoms with Crippen LogP contribution < -0.4 is 10.6 Å². The normalized spacial score (nSPS) is 10.7. The molecule has 0 aliphatic heterocycles. The molecule has 3 aromatic rings. The summed E-state index contributed by atoms with van der Waals surface area (Å²) < 4.78 is 2.04. The molecule has 1 heterocycles. The van der Waals surface area contributed by atoms with Crippen LogP contribution in [0.2, 0.25) is 5.02 Å². The summed E-state index contributed by atoms with van der Waals surface area (Å²) in [5.41, 5.74) is 7.18. The molecule has 0 radical (unpaired) electrons. The van der Waals surface area contributed by atoms with Crippen molar-refractivity contribution in [1.82, 2.24) is 9.88 Å². The minimum atomic E-state index is -0.392. The molecule has 0 fully saturated rings. The topological polar surface area (TPSA) is 63.1 Å². The first kappa shape index (κ1) is 21.7. The number of carbonyl (C=O) groups is 2. The molecule has 0 atom stereocenters. The molecule has 5 nitrogen and oxygen atoms in total. The maximum Gasteiger partial charge on any atom is 0.253 e. The molecule has 0 aliphatic rings. The summed E-state index contributed by atoms with van der Waals surface area (Å²) in [5.74, 6) is -0.681. The van der Waals surface area contributed by atoms with Gasteiger partial charge in [-0.05, 0) is 76.1 Å². The van der Waals surface area contributed by atoms with Gasteiger partial charge in [-0.25, -0.2) is 0 Å². The minimum absolute atomic E-state index is 0.145. The second-order valence-corrected chi connectivity index (χ2v) is 8.03. The Labute approximate surface area is 182 Å². The molecule has 0 saturated heterocycles. The molecule has 0 bridgehead atoms. The van der Waals surface area contributed by atoms with Gasteiger partial charge in [-0.3, -0.25) is 9.59 Å². The summed E-state index contributed by atoms with van der Waals surface area (Å²) in [5, 5.41) is 5.89. The van der Waals surface area contributed by atoms with Gasteiger partial charge in [-0.2, -0.15) is 0 Å². The number of anilines is 1. The van der Waals surface area contributed by atoms with E-state index in [2.05, 4.69) is 10.6 Å². The average molecular weight is 424 g/mol. The summed E-state index contributed by atoms with van der Waals surface area (Å²) in [7, 11) is 0. The third-order valence-corrected chi connectivity index (χ3v) is 5.40. The van der Waals surface area contributed by atoms with Crippen LogP contribution in [0.4, 0.5) is 5.69 Å². The van der Waals surface area contributed by atoms with E-state index in [1.807, 2.05) is 69.5 Å². The number of halogens is 1. The van der Waals surface area contributed by atoms with Crippen molar-refractivity contribution in [2.24, 2.45) is 0 Å². The Morgan fingerprint density at radius 3 is 2.10 bits per heavy atom. The Morgan fingerprint density at radius 1 is 0.900 bits per heavy atom. The summed E-state index contributed by atoms with van der Waals surface area (Å²) in [6.45, 7) is 9.77. The number of aromatic nitrogens is 1. The third-order valence-electron chi connectivity index (χ3n) is 5.07. The number of nitrogens with one attached hydrogen (secondary N) is 2.